The maximum Gasteiger partial charge on any atom is 0.132 e. The number of ether oxygens (including phenoxy) is 1. The molecule has 0 bridgehead atoms. The molecule has 1 aliphatic rings. The van der Waals surface area contributed by atoms with Crippen LogP contribution in [0.5, 0.6) is 0 Å². The van der Waals surface area contributed by atoms with Crippen LogP contribution in [0.15, 0.2) is 42.9 Å². The molecule has 3 aromatic rings. The second-order valence-corrected chi connectivity index (χ2v) is 7.34. The Kier molecular flexibility index (Phi) is 5.78. The van der Waals surface area contributed by atoms with Gasteiger partial charge in [-0.15, -0.1) is 0 Å². The fraction of sp³-hybridized carbons (Fsp3) is 0.409. The maximum atomic E-state index is 5.46. The topological polar surface area (TPSA) is 63.2 Å². The normalized spacial score (nSPS) is 16.2. The van der Waals surface area contributed by atoms with Crippen molar-refractivity contribution in [1.29, 1.82) is 0 Å². The van der Waals surface area contributed by atoms with Crippen LogP contribution < -0.4 is 5.32 Å². The first-order valence-electron chi connectivity index (χ1n) is 9.92. The van der Waals surface area contributed by atoms with E-state index in [4.69, 9.17) is 9.72 Å². The summed E-state index contributed by atoms with van der Waals surface area (Å²) >= 11 is 0. The van der Waals surface area contributed by atoms with E-state index in [1.807, 2.05) is 13.1 Å². The lowest BCUT2D eigenvalue weighted by molar-refractivity contribution is 0.0384. The standard InChI is InChI=1S/C22H27N5O/c1-16-14-23-15-24-22(16)25-17(2)21-13-18-5-3-4-6-19(18)20(26-21)7-8-27-9-11-28-12-10-27/h3-6,13-15,17H,7-12H2,1-2H3,(H,23,24,25). The van der Waals surface area contributed by atoms with E-state index in [9.17, 15) is 0 Å². The summed E-state index contributed by atoms with van der Waals surface area (Å²) in [6.07, 6.45) is 4.33. The molecule has 0 radical (unpaired) electrons. The fourth-order valence-electron chi connectivity index (χ4n) is 3.62. The van der Waals surface area contributed by atoms with Crippen LogP contribution in [0, 0.1) is 6.92 Å². The lowest BCUT2D eigenvalue weighted by atomic mass is 10.0. The van der Waals surface area contributed by atoms with Crippen LogP contribution in [0.2, 0.25) is 0 Å². The van der Waals surface area contributed by atoms with Crippen molar-refractivity contribution in [3.05, 3.63) is 59.8 Å². The molecule has 0 aliphatic carbocycles. The monoisotopic (exact) mass is 377 g/mol. The number of anilines is 1. The molecular formula is C22H27N5O. The van der Waals surface area contributed by atoms with E-state index in [-0.39, 0.29) is 6.04 Å². The SMILES string of the molecule is Cc1cncnc1NC(C)c1cc2ccccc2c(CCN2CCOCC2)n1. The van der Waals surface area contributed by atoms with Crippen LogP contribution in [-0.4, -0.2) is 52.7 Å². The van der Waals surface area contributed by atoms with Gasteiger partial charge in [-0.2, -0.15) is 0 Å². The molecular weight excluding hydrogens is 350 g/mol. The number of benzene rings is 1. The van der Waals surface area contributed by atoms with E-state index in [2.05, 4.69) is 57.4 Å². The van der Waals surface area contributed by atoms with Crippen molar-refractivity contribution >= 4 is 16.6 Å². The Labute approximate surface area is 166 Å². The van der Waals surface area contributed by atoms with Gasteiger partial charge in [0.15, 0.2) is 0 Å². The number of morpholine rings is 1. The number of fused-ring (bicyclic) bond motifs is 1. The Bertz CT molecular complexity index is 939. The van der Waals surface area contributed by atoms with Crippen molar-refractivity contribution in [2.45, 2.75) is 26.3 Å². The highest BCUT2D eigenvalue weighted by Crippen LogP contribution is 2.25. The van der Waals surface area contributed by atoms with Gasteiger partial charge in [0.2, 0.25) is 0 Å². The Morgan fingerprint density at radius 3 is 2.86 bits per heavy atom. The number of nitrogens with zero attached hydrogens (tertiary/aromatic N) is 4. The summed E-state index contributed by atoms with van der Waals surface area (Å²) in [7, 11) is 0. The number of hydrogen-bond donors (Lipinski definition) is 1. The number of pyridine rings is 1. The van der Waals surface area contributed by atoms with Crippen molar-refractivity contribution < 1.29 is 4.74 Å². The van der Waals surface area contributed by atoms with Crippen molar-refractivity contribution in [2.75, 3.05) is 38.2 Å². The van der Waals surface area contributed by atoms with Gasteiger partial charge in [-0.3, -0.25) is 9.88 Å². The lowest BCUT2D eigenvalue weighted by Gasteiger charge is -2.26. The number of aryl methyl sites for hydroxylation is 1. The summed E-state index contributed by atoms with van der Waals surface area (Å²) in [5, 5.41) is 5.96. The molecule has 6 heteroatoms. The zero-order chi connectivity index (χ0) is 19.3. The van der Waals surface area contributed by atoms with Crippen LogP contribution in [0.25, 0.3) is 10.8 Å². The first kappa shape index (κ1) is 18.8. The van der Waals surface area contributed by atoms with Gasteiger partial charge in [0.1, 0.15) is 12.1 Å². The number of hydrogen-bond acceptors (Lipinski definition) is 6. The van der Waals surface area contributed by atoms with Crippen LogP contribution in [0.3, 0.4) is 0 Å². The molecule has 1 N–H and O–H groups in total. The number of aromatic nitrogens is 3. The van der Waals surface area contributed by atoms with Gasteiger partial charge in [0, 0.05) is 48.9 Å². The highest BCUT2D eigenvalue weighted by molar-refractivity contribution is 5.85. The van der Waals surface area contributed by atoms with Crippen LogP contribution in [0.1, 0.15) is 29.9 Å². The van der Waals surface area contributed by atoms with Crippen molar-refractivity contribution in [2.24, 2.45) is 0 Å². The predicted octanol–water partition coefficient (Wildman–Crippen LogP) is 3.38. The van der Waals surface area contributed by atoms with Crippen LogP contribution in [-0.2, 0) is 11.2 Å². The van der Waals surface area contributed by atoms with E-state index in [1.54, 1.807) is 6.33 Å². The summed E-state index contributed by atoms with van der Waals surface area (Å²) in [5.74, 6) is 0.854. The van der Waals surface area contributed by atoms with Crippen molar-refractivity contribution in [1.82, 2.24) is 19.9 Å². The first-order valence-corrected chi connectivity index (χ1v) is 9.92. The molecule has 1 aliphatic heterocycles. The largest absolute Gasteiger partial charge is 0.379 e. The van der Waals surface area contributed by atoms with E-state index in [0.29, 0.717) is 0 Å². The van der Waals surface area contributed by atoms with Crippen molar-refractivity contribution in [3.63, 3.8) is 0 Å². The number of nitrogens with one attached hydrogen (secondary N) is 1. The minimum atomic E-state index is 0.0559. The average Bonchev–Trinajstić information content (AvgIpc) is 2.74. The first-order chi connectivity index (χ1) is 13.7. The lowest BCUT2D eigenvalue weighted by Crippen LogP contribution is -2.37. The number of rotatable bonds is 6. The second-order valence-electron chi connectivity index (χ2n) is 7.34. The predicted molar refractivity (Wildman–Crippen MR) is 112 cm³/mol. The van der Waals surface area contributed by atoms with Crippen molar-refractivity contribution in [3.8, 4) is 0 Å². The Hall–Kier alpha value is -2.57. The molecule has 1 atom stereocenters. The minimum absolute atomic E-state index is 0.0559. The highest BCUT2D eigenvalue weighted by Gasteiger charge is 2.15. The van der Waals surface area contributed by atoms with Gasteiger partial charge >= 0.3 is 0 Å². The average molecular weight is 377 g/mol. The molecule has 4 rings (SSSR count). The molecule has 1 fully saturated rings. The zero-order valence-electron chi connectivity index (χ0n) is 16.6. The summed E-state index contributed by atoms with van der Waals surface area (Å²) in [5.41, 5.74) is 3.23. The van der Waals surface area contributed by atoms with E-state index in [1.165, 1.54) is 10.8 Å². The third-order valence-electron chi connectivity index (χ3n) is 5.30. The summed E-state index contributed by atoms with van der Waals surface area (Å²) in [6, 6.07) is 10.8. The molecule has 1 saturated heterocycles. The molecule has 6 nitrogen and oxygen atoms in total. The van der Waals surface area contributed by atoms with E-state index >= 15 is 0 Å². The molecule has 2 aromatic heterocycles. The molecule has 3 heterocycles. The summed E-state index contributed by atoms with van der Waals surface area (Å²) in [4.78, 5) is 15.9. The van der Waals surface area contributed by atoms with Crippen LogP contribution >= 0.6 is 0 Å². The fourth-order valence-corrected chi connectivity index (χ4v) is 3.62. The second kappa shape index (κ2) is 8.63. The Balaban J connectivity index is 1.58. The van der Waals surface area contributed by atoms with E-state index < -0.39 is 0 Å². The molecule has 1 unspecified atom stereocenters. The third kappa shape index (κ3) is 4.29. The third-order valence-corrected chi connectivity index (χ3v) is 5.30. The molecule has 146 valence electrons. The molecule has 0 spiro atoms. The quantitative estimate of drug-likeness (QED) is 0.711. The Morgan fingerprint density at radius 1 is 1.21 bits per heavy atom. The molecule has 0 saturated carbocycles. The molecule has 0 amide bonds. The maximum absolute atomic E-state index is 5.46. The van der Waals surface area contributed by atoms with Gasteiger partial charge in [-0.05, 0) is 25.3 Å². The summed E-state index contributed by atoms with van der Waals surface area (Å²) < 4.78 is 5.46. The molecule has 28 heavy (non-hydrogen) atoms. The minimum Gasteiger partial charge on any atom is -0.379 e. The zero-order valence-corrected chi connectivity index (χ0v) is 16.6. The Morgan fingerprint density at radius 2 is 2.04 bits per heavy atom. The molecule has 1 aromatic carbocycles. The van der Waals surface area contributed by atoms with Gasteiger partial charge in [0.25, 0.3) is 0 Å². The van der Waals surface area contributed by atoms with Gasteiger partial charge in [-0.1, -0.05) is 24.3 Å². The van der Waals surface area contributed by atoms with E-state index in [0.717, 1.165) is 62.0 Å². The van der Waals surface area contributed by atoms with Gasteiger partial charge in [0.05, 0.1) is 24.9 Å². The highest BCUT2D eigenvalue weighted by atomic mass is 16.5. The smallest absolute Gasteiger partial charge is 0.132 e. The van der Waals surface area contributed by atoms with Gasteiger partial charge < -0.3 is 10.1 Å². The van der Waals surface area contributed by atoms with Crippen LogP contribution in [0.4, 0.5) is 5.82 Å². The summed E-state index contributed by atoms with van der Waals surface area (Å²) in [6.45, 7) is 8.81. The van der Waals surface area contributed by atoms with Gasteiger partial charge in [-0.25, -0.2) is 9.97 Å².